The largest absolute Gasteiger partial charge is 0.496 e. The summed E-state index contributed by atoms with van der Waals surface area (Å²) in [6, 6.07) is 3.81. The van der Waals surface area contributed by atoms with E-state index in [-0.39, 0.29) is 11.8 Å². The maximum absolute atomic E-state index is 13.5. The Bertz CT molecular complexity index is 1120. The number of rotatable bonds is 7. The van der Waals surface area contributed by atoms with Gasteiger partial charge in [-0.1, -0.05) is 57.0 Å². The third-order valence-corrected chi connectivity index (χ3v) is 7.92. The van der Waals surface area contributed by atoms with Gasteiger partial charge in [0.2, 0.25) is 5.91 Å². The standard InChI is InChI=1S/C26H34N4O3S2/c1-8-18(3)29-10-9-11-30(13-12-29)23(31)19-15-21(17(2)14-20(19)33-7)34-22-16-27-25(35-22)28-24(32)26(4,5)6/h8,14-16H,1,3,9-13H2,2,4-7H3,(H,27,28,32). The second-order valence-corrected chi connectivity index (χ2v) is 11.8. The van der Waals surface area contributed by atoms with Crippen LogP contribution in [0.4, 0.5) is 5.13 Å². The van der Waals surface area contributed by atoms with Crippen LogP contribution in [0.25, 0.3) is 0 Å². The lowest BCUT2D eigenvalue weighted by atomic mass is 9.96. The van der Waals surface area contributed by atoms with Crippen molar-refractivity contribution < 1.29 is 14.3 Å². The SMILES string of the molecule is C=CC(=C)N1CCCN(C(=O)c2cc(Sc3cnc(NC(=O)C(C)(C)C)s3)c(C)cc2OC)CC1. The van der Waals surface area contributed by atoms with Gasteiger partial charge in [0.25, 0.3) is 5.91 Å². The second kappa shape index (κ2) is 11.3. The van der Waals surface area contributed by atoms with E-state index < -0.39 is 5.41 Å². The number of hydrogen-bond donors (Lipinski definition) is 1. The number of amides is 2. The van der Waals surface area contributed by atoms with Crippen molar-refractivity contribution in [2.45, 2.75) is 43.2 Å². The quantitative estimate of drug-likeness (QED) is 0.496. The fourth-order valence-electron chi connectivity index (χ4n) is 3.57. The summed E-state index contributed by atoms with van der Waals surface area (Å²) in [7, 11) is 1.59. The van der Waals surface area contributed by atoms with Crippen molar-refractivity contribution in [3.63, 3.8) is 0 Å². The zero-order valence-electron chi connectivity index (χ0n) is 21.1. The monoisotopic (exact) mass is 514 g/mol. The summed E-state index contributed by atoms with van der Waals surface area (Å²) >= 11 is 2.94. The van der Waals surface area contributed by atoms with Crippen LogP contribution in [0.3, 0.4) is 0 Å². The number of benzene rings is 1. The van der Waals surface area contributed by atoms with Gasteiger partial charge in [0.15, 0.2) is 5.13 Å². The Balaban J connectivity index is 1.79. The van der Waals surface area contributed by atoms with Gasteiger partial charge in [-0.3, -0.25) is 9.59 Å². The van der Waals surface area contributed by atoms with Gasteiger partial charge in [-0.15, -0.1) is 0 Å². The highest BCUT2D eigenvalue weighted by atomic mass is 32.2. The predicted molar refractivity (Wildman–Crippen MR) is 143 cm³/mol. The summed E-state index contributed by atoms with van der Waals surface area (Å²) in [5.74, 6) is 0.442. The zero-order valence-corrected chi connectivity index (χ0v) is 22.8. The topological polar surface area (TPSA) is 74.8 Å². The first kappa shape index (κ1) is 26.8. The van der Waals surface area contributed by atoms with Crippen molar-refractivity contribution in [3.05, 3.63) is 54.4 Å². The maximum atomic E-state index is 13.5. The minimum atomic E-state index is -0.496. The highest BCUT2D eigenvalue weighted by Gasteiger charge is 2.25. The van der Waals surface area contributed by atoms with Gasteiger partial charge < -0.3 is 19.9 Å². The number of methoxy groups -OCH3 is 1. The number of ether oxygens (including phenoxy) is 1. The molecule has 0 aliphatic carbocycles. The molecule has 3 rings (SSSR count). The number of nitrogens with zero attached hydrogens (tertiary/aromatic N) is 3. The predicted octanol–water partition coefficient (Wildman–Crippen LogP) is 5.44. The van der Waals surface area contributed by atoms with E-state index in [1.165, 1.54) is 23.1 Å². The van der Waals surface area contributed by atoms with Gasteiger partial charge in [0, 0.05) is 42.2 Å². The van der Waals surface area contributed by atoms with E-state index in [1.807, 2.05) is 44.7 Å². The lowest BCUT2D eigenvalue weighted by Crippen LogP contribution is -2.35. The molecule has 1 N–H and O–H groups in total. The first-order valence-electron chi connectivity index (χ1n) is 11.5. The van der Waals surface area contributed by atoms with Crippen molar-refractivity contribution in [3.8, 4) is 5.75 Å². The molecule has 0 unspecified atom stereocenters. The smallest absolute Gasteiger partial charge is 0.257 e. The molecular weight excluding hydrogens is 480 g/mol. The van der Waals surface area contributed by atoms with E-state index in [9.17, 15) is 9.59 Å². The first-order valence-corrected chi connectivity index (χ1v) is 13.2. The molecule has 188 valence electrons. The number of anilines is 1. The van der Waals surface area contributed by atoms with Gasteiger partial charge in [0.1, 0.15) is 5.75 Å². The Morgan fingerprint density at radius 3 is 2.54 bits per heavy atom. The van der Waals surface area contributed by atoms with Gasteiger partial charge in [-0.25, -0.2) is 4.98 Å². The van der Waals surface area contributed by atoms with Crippen molar-refractivity contribution in [2.24, 2.45) is 5.41 Å². The van der Waals surface area contributed by atoms with Crippen molar-refractivity contribution in [1.82, 2.24) is 14.8 Å². The van der Waals surface area contributed by atoms with E-state index in [1.54, 1.807) is 19.4 Å². The number of aryl methyl sites for hydroxylation is 1. The van der Waals surface area contributed by atoms with Crippen molar-refractivity contribution >= 4 is 40.0 Å². The van der Waals surface area contributed by atoms with Crippen molar-refractivity contribution in [1.29, 1.82) is 0 Å². The Morgan fingerprint density at radius 2 is 1.89 bits per heavy atom. The molecule has 2 aromatic rings. The van der Waals surface area contributed by atoms with Gasteiger partial charge in [0.05, 0.1) is 23.1 Å². The summed E-state index contributed by atoms with van der Waals surface area (Å²) in [4.78, 5) is 35.1. The number of thiazole rings is 1. The second-order valence-electron chi connectivity index (χ2n) is 9.44. The molecule has 35 heavy (non-hydrogen) atoms. The van der Waals surface area contributed by atoms with E-state index in [0.29, 0.717) is 29.5 Å². The number of aromatic nitrogens is 1. The van der Waals surface area contributed by atoms with E-state index in [2.05, 4.69) is 28.4 Å². The Morgan fingerprint density at radius 1 is 1.20 bits per heavy atom. The Kier molecular flexibility index (Phi) is 8.66. The summed E-state index contributed by atoms with van der Waals surface area (Å²) < 4.78 is 6.50. The molecule has 0 radical (unpaired) electrons. The van der Waals surface area contributed by atoms with Crippen molar-refractivity contribution in [2.75, 3.05) is 38.6 Å². The van der Waals surface area contributed by atoms with E-state index in [4.69, 9.17) is 4.74 Å². The Hall–Kier alpha value is -2.78. The average Bonchev–Trinajstić information content (AvgIpc) is 3.10. The molecule has 2 amide bonds. The van der Waals surface area contributed by atoms with Crippen LogP contribution in [-0.4, -0.2) is 59.9 Å². The van der Waals surface area contributed by atoms with Crippen LogP contribution in [0.15, 0.2) is 52.4 Å². The zero-order chi connectivity index (χ0) is 25.8. The molecule has 2 heterocycles. The van der Waals surface area contributed by atoms with Crippen LogP contribution < -0.4 is 10.1 Å². The highest BCUT2D eigenvalue weighted by molar-refractivity contribution is 8.01. The molecule has 1 aromatic heterocycles. The van der Waals surface area contributed by atoms with Crippen LogP contribution in [0, 0.1) is 12.3 Å². The molecule has 1 saturated heterocycles. The number of carbonyl (C=O) groups excluding carboxylic acids is 2. The molecule has 7 nitrogen and oxygen atoms in total. The van der Waals surface area contributed by atoms with Crippen LogP contribution >= 0.6 is 23.1 Å². The molecule has 1 aliphatic heterocycles. The molecular formula is C26H34N4O3S2. The molecule has 1 aromatic carbocycles. The van der Waals surface area contributed by atoms with Crippen LogP contribution in [0.2, 0.25) is 0 Å². The summed E-state index contributed by atoms with van der Waals surface area (Å²) in [6.07, 6.45) is 4.36. The maximum Gasteiger partial charge on any atom is 0.257 e. The first-order chi connectivity index (χ1) is 16.5. The number of allylic oxidation sites excluding steroid dienone is 1. The fourth-order valence-corrected chi connectivity index (χ4v) is 5.51. The molecule has 0 bridgehead atoms. The van der Waals surface area contributed by atoms with Crippen LogP contribution in [0.1, 0.15) is 43.1 Å². The van der Waals surface area contributed by atoms with Gasteiger partial charge in [-0.2, -0.15) is 0 Å². The normalized spacial score (nSPS) is 14.3. The molecule has 1 aliphatic rings. The summed E-state index contributed by atoms with van der Waals surface area (Å²) in [5.41, 5.74) is 1.93. The molecule has 0 atom stereocenters. The van der Waals surface area contributed by atoms with Crippen LogP contribution in [0.5, 0.6) is 5.75 Å². The third kappa shape index (κ3) is 6.67. The number of nitrogens with one attached hydrogen (secondary N) is 1. The summed E-state index contributed by atoms with van der Waals surface area (Å²) in [6.45, 7) is 18.3. The lowest BCUT2D eigenvalue weighted by molar-refractivity contribution is -0.123. The van der Waals surface area contributed by atoms with Gasteiger partial charge in [-0.05, 0) is 37.1 Å². The van der Waals surface area contributed by atoms with Crippen LogP contribution in [-0.2, 0) is 4.79 Å². The van der Waals surface area contributed by atoms with E-state index >= 15 is 0 Å². The number of hydrogen-bond acceptors (Lipinski definition) is 7. The average molecular weight is 515 g/mol. The molecule has 9 heteroatoms. The number of carbonyl (C=O) groups is 2. The van der Waals surface area contributed by atoms with Gasteiger partial charge >= 0.3 is 0 Å². The fraction of sp³-hybridized carbons (Fsp3) is 0.423. The third-order valence-electron chi connectivity index (χ3n) is 5.75. The summed E-state index contributed by atoms with van der Waals surface area (Å²) in [5, 5.41) is 3.43. The Labute approximate surface area is 216 Å². The molecule has 0 spiro atoms. The minimum Gasteiger partial charge on any atom is -0.496 e. The van der Waals surface area contributed by atoms with E-state index in [0.717, 1.165) is 39.9 Å². The molecule has 1 fully saturated rings. The molecule has 0 saturated carbocycles. The lowest BCUT2D eigenvalue weighted by Gasteiger charge is -2.24. The minimum absolute atomic E-state index is 0.0443. The highest BCUT2D eigenvalue weighted by Crippen LogP contribution is 2.38.